The summed E-state index contributed by atoms with van der Waals surface area (Å²) in [5.74, 6) is 0.967. The molecule has 4 rings (SSSR count). The van der Waals surface area contributed by atoms with Crippen molar-refractivity contribution < 1.29 is 4.79 Å². The van der Waals surface area contributed by atoms with Gasteiger partial charge in [-0.15, -0.1) is 5.10 Å². The molecule has 0 saturated carbocycles. The molecule has 0 aliphatic carbocycles. The fourth-order valence-electron chi connectivity index (χ4n) is 4.02. The Labute approximate surface area is 181 Å². The maximum absolute atomic E-state index is 12.6. The van der Waals surface area contributed by atoms with Crippen molar-refractivity contribution in [2.24, 2.45) is 5.41 Å². The molecule has 1 aromatic carbocycles. The highest BCUT2D eigenvalue weighted by atomic mass is 16.2. The van der Waals surface area contributed by atoms with E-state index in [4.69, 9.17) is 4.98 Å². The number of hydrogen-bond acceptors (Lipinski definition) is 5. The molecule has 0 unspecified atom stereocenters. The van der Waals surface area contributed by atoms with Gasteiger partial charge in [0.15, 0.2) is 11.2 Å². The van der Waals surface area contributed by atoms with Gasteiger partial charge >= 0.3 is 0 Å². The Hall–Kier alpha value is -3.03. The first-order valence-corrected chi connectivity index (χ1v) is 10.9. The van der Waals surface area contributed by atoms with Gasteiger partial charge in [0.1, 0.15) is 5.82 Å². The van der Waals surface area contributed by atoms with Crippen LogP contribution in [-0.4, -0.2) is 48.9 Å². The third-order valence-corrected chi connectivity index (χ3v) is 5.76. The monoisotopic (exact) mass is 422 g/mol. The summed E-state index contributed by atoms with van der Waals surface area (Å²) in [4.78, 5) is 34.7. The number of rotatable bonds is 4. The Balaban J connectivity index is 1.52. The highest BCUT2D eigenvalue weighted by molar-refractivity contribution is 5.77. The second-order valence-corrected chi connectivity index (χ2v) is 9.75. The van der Waals surface area contributed by atoms with Crippen molar-refractivity contribution in [3.8, 4) is 0 Å². The Kier molecular flexibility index (Phi) is 5.64. The van der Waals surface area contributed by atoms with Crippen LogP contribution in [0, 0.1) is 12.3 Å². The first-order chi connectivity index (χ1) is 14.7. The number of piperidine rings is 1. The number of amides is 1. The Morgan fingerprint density at radius 3 is 2.48 bits per heavy atom. The third kappa shape index (κ3) is 4.84. The van der Waals surface area contributed by atoms with E-state index >= 15 is 0 Å². The fourth-order valence-corrected chi connectivity index (χ4v) is 4.02. The van der Waals surface area contributed by atoms with Gasteiger partial charge in [-0.2, -0.15) is 0 Å². The van der Waals surface area contributed by atoms with E-state index < -0.39 is 0 Å². The molecule has 3 heterocycles. The van der Waals surface area contributed by atoms with E-state index in [0.29, 0.717) is 37.5 Å². The number of aromatic amines is 1. The normalized spacial score (nSPS) is 15.5. The molecule has 0 bridgehead atoms. The molecule has 31 heavy (non-hydrogen) atoms. The molecular weight excluding hydrogens is 392 g/mol. The van der Waals surface area contributed by atoms with Gasteiger partial charge in [0.2, 0.25) is 5.91 Å². The first kappa shape index (κ1) is 21.2. The largest absolute Gasteiger partial charge is 0.343 e. The summed E-state index contributed by atoms with van der Waals surface area (Å²) in [6, 6.07) is 8.19. The van der Waals surface area contributed by atoms with Crippen molar-refractivity contribution in [2.75, 3.05) is 13.1 Å². The number of H-pyrrole nitrogens is 1. The van der Waals surface area contributed by atoms with E-state index in [-0.39, 0.29) is 28.3 Å². The van der Waals surface area contributed by atoms with Crippen molar-refractivity contribution in [3.63, 3.8) is 0 Å². The van der Waals surface area contributed by atoms with Gasteiger partial charge in [-0.25, -0.2) is 9.67 Å². The lowest BCUT2D eigenvalue weighted by Crippen LogP contribution is -2.39. The molecule has 8 heteroatoms. The summed E-state index contributed by atoms with van der Waals surface area (Å²) >= 11 is 0. The number of fused-ring (bicyclic) bond motifs is 1. The van der Waals surface area contributed by atoms with Gasteiger partial charge in [0.05, 0.1) is 6.54 Å². The SMILES string of the molecule is Cc1ccc(Cn2nnc3c(=O)[nH]c(C4CCN(C(=O)CC(C)(C)C)CC4)nc32)cc1. The van der Waals surface area contributed by atoms with E-state index in [2.05, 4.69) is 48.2 Å². The van der Waals surface area contributed by atoms with Gasteiger partial charge in [-0.05, 0) is 30.7 Å². The van der Waals surface area contributed by atoms with Gasteiger partial charge in [-0.3, -0.25) is 9.59 Å². The van der Waals surface area contributed by atoms with Crippen LogP contribution in [0.4, 0.5) is 0 Å². The van der Waals surface area contributed by atoms with Crippen LogP contribution in [0.1, 0.15) is 62.9 Å². The number of nitrogens with one attached hydrogen (secondary N) is 1. The maximum Gasteiger partial charge on any atom is 0.281 e. The zero-order chi connectivity index (χ0) is 22.2. The molecule has 1 N–H and O–H groups in total. The van der Waals surface area contributed by atoms with Crippen LogP contribution in [0.3, 0.4) is 0 Å². The number of aryl methyl sites for hydroxylation is 1. The topological polar surface area (TPSA) is 96.8 Å². The quantitative estimate of drug-likeness (QED) is 0.697. The molecule has 3 aromatic rings. The van der Waals surface area contributed by atoms with Crippen molar-refractivity contribution >= 4 is 17.1 Å². The molecule has 1 amide bonds. The minimum Gasteiger partial charge on any atom is -0.343 e. The standard InChI is InChI=1S/C23H30N6O2/c1-15-5-7-16(8-6-15)14-29-21-19(26-27-29)22(31)25-20(24-21)17-9-11-28(12-10-17)18(30)13-23(2,3)4/h5-8,17H,9-14H2,1-4H3,(H,24,25,31). The van der Waals surface area contributed by atoms with E-state index in [1.54, 1.807) is 4.68 Å². The molecule has 1 aliphatic heterocycles. The smallest absolute Gasteiger partial charge is 0.281 e. The Morgan fingerprint density at radius 2 is 1.84 bits per heavy atom. The van der Waals surface area contributed by atoms with Crippen LogP contribution in [0.15, 0.2) is 29.1 Å². The predicted molar refractivity (Wildman–Crippen MR) is 119 cm³/mol. The number of aromatic nitrogens is 5. The average molecular weight is 423 g/mol. The third-order valence-electron chi connectivity index (χ3n) is 5.76. The average Bonchev–Trinajstić information content (AvgIpc) is 3.12. The molecular formula is C23H30N6O2. The number of carbonyl (C=O) groups excluding carboxylic acids is 1. The number of hydrogen-bond donors (Lipinski definition) is 1. The Bertz CT molecular complexity index is 1130. The molecule has 164 valence electrons. The van der Waals surface area contributed by atoms with E-state index in [1.807, 2.05) is 24.0 Å². The molecule has 8 nitrogen and oxygen atoms in total. The summed E-state index contributed by atoms with van der Waals surface area (Å²) in [6.07, 6.45) is 2.11. The summed E-state index contributed by atoms with van der Waals surface area (Å²) in [5, 5.41) is 8.20. The predicted octanol–water partition coefficient (Wildman–Crippen LogP) is 3.01. The second-order valence-electron chi connectivity index (χ2n) is 9.75. The van der Waals surface area contributed by atoms with Crippen LogP contribution < -0.4 is 5.56 Å². The molecule has 2 aromatic heterocycles. The molecule has 1 aliphatic rings. The summed E-state index contributed by atoms with van der Waals surface area (Å²) in [7, 11) is 0. The zero-order valence-electron chi connectivity index (χ0n) is 18.7. The van der Waals surface area contributed by atoms with Crippen molar-refractivity contribution in [1.29, 1.82) is 0 Å². The minimum atomic E-state index is -0.263. The lowest BCUT2D eigenvalue weighted by molar-refractivity contribution is -0.134. The van der Waals surface area contributed by atoms with Gasteiger partial charge < -0.3 is 9.88 Å². The van der Waals surface area contributed by atoms with Gasteiger partial charge in [0, 0.05) is 25.4 Å². The molecule has 0 radical (unpaired) electrons. The van der Waals surface area contributed by atoms with E-state index in [9.17, 15) is 9.59 Å². The maximum atomic E-state index is 12.6. The lowest BCUT2D eigenvalue weighted by atomic mass is 9.90. The minimum absolute atomic E-state index is 0.0192. The Morgan fingerprint density at radius 1 is 1.16 bits per heavy atom. The van der Waals surface area contributed by atoms with E-state index in [1.165, 1.54) is 5.56 Å². The van der Waals surface area contributed by atoms with Crippen LogP contribution in [0.25, 0.3) is 11.2 Å². The van der Waals surface area contributed by atoms with Crippen molar-refractivity contribution in [1.82, 2.24) is 29.9 Å². The van der Waals surface area contributed by atoms with Crippen molar-refractivity contribution in [2.45, 2.75) is 59.4 Å². The highest BCUT2D eigenvalue weighted by Gasteiger charge is 2.28. The highest BCUT2D eigenvalue weighted by Crippen LogP contribution is 2.28. The van der Waals surface area contributed by atoms with Crippen LogP contribution >= 0.6 is 0 Å². The number of nitrogens with zero attached hydrogens (tertiary/aromatic N) is 5. The molecule has 0 atom stereocenters. The number of carbonyl (C=O) groups is 1. The van der Waals surface area contributed by atoms with Crippen LogP contribution in [0.5, 0.6) is 0 Å². The molecule has 1 saturated heterocycles. The number of likely N-dealkylation sites (tertiary alicyclic amines) is 1. The van der Waals surface area contributed by atoms with Crippen molar-refractivity contribution in [3.05, 3.63) is 51.6 Å². The first-order valence-electron chi connectivity index (χ1n) is 10.9. The molecule has 0 spiro atoms. The fraction of sp³-hybridized carbons (Fsp3) is 0.522. The summed E-state index contributed by atoms with van der Waals surface area (Å²) in [6.45, 7) is 10.2. The second kappa shape index (κ2) is 8.24. The number of benzene rings is 1. The zero-order valence-corrected chi connectivity index (χ0v) is 18.7. The van der Waals surface area contributed by atoms with E-state index in [0.717, 1.165) is 18.4 Å². The van der Waals surface area contributed by atoms with Crippen LogP contribution in [0.2, 0.25) is 0 Å². The van der Waals surface area contributed by atoms with Crippen LogP contribution in [-0.2, 0) is 11.3 Å². The summed E-state index contributed by atoms with van der Waals surface area (Å²) < 4.78 is 1.68. The lowest BCUT2D eigenvalue weighted by Gasteiger charge is -2.33. The van der Waals surface area contributed by atoms with Gasteiger partial charge in [0.25, 0.3) is 5.56 Å². The molecule has 1 fully saturated rings. The summed E-state index contributed by atoms with van der Waals surface area (Å²) in [5.41, 5.74) is 2.75. The van der Waals surface area contributed by atoms with Gasteiger partial charge in [-0.1, -0.05) is 55.8 Å².